The number of hydrogen-bond acceptors (Lipinski definition) is 3. The van der Waals surface area contributed by atoms with Gasteiger partial charge in [0.25, 0.3) is 0 Å². The van der Waals surface area contributed by atoms with Gasteiger partial charge in [-0.1, -0.05) is 30.3 Å². The number of ether oxygens (including phenoxy) is 1. The van der Waals surface area contributed by atoms with Crippen molar-refractivity contribution in [1.29, 1.82) is 0 Å². The maximum atomic E-state index is 12.8. The third-order valence-corrected chi connectivity index (χ3v) is 3.54. The number of benzene rings is 2. The van der Waals surface area contributed by atoms with Crippen LogP contribution in [0.15, 0.2) is 60.7 Å². The molecule has 1 aromatic heterocycles. The van der Waals surface area contributed by atoms with Crippen LogP contribution in [0.3, 0.4) is 0 Å². The maximum Gasteiger partial charge on any atom is 0.416 e. The lowest BCUT2D eigenvalue weighted by atomic mass is 10.1. The van der Waals surface area contributed by atoms with Crippen molar-refractivity contribution in [3.63, 3.8) is 0 Å². The molecule has 0 bridgehead atoms. The van der Waals surface area contributed by atoms with E-state index in [1.165, 1.54) is 22.9 Å². The van der Waals surface area contributed by atoms with Gasteiger partial charge < -0.3 is 9.84 Å². The summed E-state index contributed by atoms with van der Waals surface area (Å²) in [6.45, 7) is -0.571. The zero-order chi connectivity index (χ0) is 18.7. The topological polar surface area (TPSA) is 64.3 Å². The number of carboxylic acids is 1. The van der Waals surface area contributed by atoms with Crippen LogP contribution in [0.1, 0.15) is 5.56 Å². The van der Waals surface area contributed by atoms with Crippen LogP contribution >= 0.6 is 0 Å². The first-order valence-corrected chi connectivity index (χ1v) is 7.52. The second-order valence-corrected chi connectivity index (χ2v) is 5.37. The Labute approximate surface area is 146 Å². The van der Waals surface area contributed by atoms with E-state index in [0.29, 0.717) is 16.9 Å². The number of nitrogens with zero attached hydrogens (tertiary/aromatic N) is 2. The van der Waals surface area contributed by atoms with Crippen molar-refractivity contribution < 1.29 is 27.8 Å². The number of carboxylic acid groups (broad SMARTS) is 1. The van der Waals surface area contributed by atoms with Crippen LogP contribution in [-0.4, -0.2) is 27.5 Å². The Morgan fingerprint density at radius 1 is 1.08 bits per heavy atom. The minimum Gasteiger partial charge on any atom is -0.479 e. The van der Waals surface area contributed by atoms with Crippen LogP contribution in [0.4, 0.5) is 13.2 Å². The van der Waals surface area contributed by atoms with Gasteiger partial charge in [-0.3, -0.25) is 0 Å². The van der Waals surface area contributed by atoms with Gasteiger partial charge >= 0.3 is 12.1 Å². The second kappa shape index (κ2) is 6.91. The van der Waals surface area contributed by atoms with Gasteiger partial charge in [-0.25, -0.2) is 9.48 Å². The van der Waals surface area contributed by atoms with Gasteiger partial charge in [0.15, 0.2) is 6.61 Å². The quantitative estimate of drug-likeness (QED) is 0.745. The molecule has 0 atom stereocenters. The van der Waals surface area contributed by atoms with Crippen molar-refractivity contribution in [1.82, 2.24) is 9.78 Å². The highest BCUT2D eigenvalue weighted by atomic mass is 19.4. The number of rotatable bonds is 5. The first-order chi connectivity index (χ1) is 12.3. The van der Waals surface area contributed by atoms with Gasteiger partial charge in [-0.2, -0.15) is 13.2 Å². The van der Waals surface area contributed by atoms with E-state index in [9.17, 15) is 18.0 Å². The van der Waals surface area contributed by atoms with Crippen LogP contribution in [0.25, 0.3) is 16.9 Å². The Hall–Kier alpha value is -3.29. The molecule has 2 aromatic carbocycles. The lowest BCUT2D eigenvalue weighted by Gasteiger charge is -2.09. The summed E-state index contributed by atoms with van der Waals surface area (Å²) in [6.07, 6.45) is -4.42. The molecule has 0 saturated heterocycles. The summed E-state index contributed by atoms with van der Waals surface area (Å²) in [6, 6.07) is 15.0. The van der Waals surface area contributed by atoms with E-state index in [1.807, 2.05) is 6.07 Å². The van der Waals surface area contributed by atoms with Gasteiger partial charge in [0.2, 0.25) is 5.88 Å². The molecule has 134 valence electrons. The molecule has 0 aliphatic carbocycles. The number of alkyl halides is 3. The van der Waals surface area contributed by atoms with Crippen LogP contribution in [0.2, 0.25) is 0 Å². The van der Waals surface area contributed by atoms with Crippen molar-refractivity contribution in [2.75, 3.05) is 6.61 Å². The maximum absolute atomic E-state index is 12.8. The van der Waals surface area contributed by atoms with E-state index >= 15 is 0 Å². The number of halogens is 3. The van der Waals surface area contributed by atoms with Crippen molar-refractivity contribution in [3.05, 3.63) is 66.2 Å². The van der Waals surface area contributed by atoms with Gasteiger partial charge in [0.05, 0.1) is 16.9 Å². The normalized spacial score (nSPS) is 11.3. The molecule has 5 nitrogen and oxygen atoms in total. The fourth-order valence-corrected chi connectivity index (χ4v) is 2.37. The summed E-state index contributed by atoms with van der Waals surface area (Å²) in [5.41, 5.74) is 0.867. The Morgan fingerprint density at radius 3 is 2.31 bits per heavy atom. The van der Waals surface area contributed by atoms with Crippen LogP contribution in [-0.2, 0) is 11.0 Å². The minimum atomic E-state index is -4.42. The monoisotopic (exact) mass is 362 g/mol. The zero-order valence-electron chi connectivity index (χ0n) is 13.3. The number of aliphatic carboxylic acids is 1. The van der Waals surface area contributed by atoms with E-state index in [0.717, 1.165) is 12.1 Å². The predicted octanol–water partition coefficient (Wildman–Crippen LogP) is 4.02. The Bertz CT molecular complexity index is 904. The standard InChI is InChI=1S/C18H13F3N2O3/c19-18(20,21)13-8-6-12(7-9-13)15-10-16(26-11-17(24)25)22-23(15)14-4-2-1-3-5-14/h1-10H,11H2,(H,24,25). The molecule has 0 aliphatic rings. The smallest absolute Gasteiger partial charge is 0.416 e. The van der Waals surface area contributed by atoms with E-state index in [-0.39, 0.29) is 5.88 Å². The van der Waals surface area contributed by atoms with Crippen molar-refractivity contribution in [3.8, 4) is 22.8 Å². The van der Waals surface area contributed by atoms with Crippen LogP contribution < -0.4 is 4.74 Å². The Kier molecular flexibility index (Phi) is 4.66. The third kappa shape index (κ3) is 3.85. The second-order valence-electron chi connectivity index (χ2n) is 5.37. The van der Waals surface area contributed by atoms with Gasteiger partial charge in [-0.05, 0) is 24.3 Å². The number of para-hydroxylation sites is 1. The van der Waals surface area contributed by atoms with Crippen molar-refractivity contribution in [2.45, 2.75) is 6.18 Å². The molecule has 8 heteroatoms. The molecule has 0 unspecified atom stereocenters. The highest BCUT2D eigenvalue weighted by Gasteiger charge is 2.30. The molecule has 0 saturated carbocycles. The molecular formula is C18H13F3N2O3. The molecule has 0 spiro atoms. The summed E-state index contributed by atoms with van der Waals surface area (Å²) in [4.78, 5) is 10.7. The summed E-state index contributed by atoms with van der Waals surface area (Å²) in [5, 5.41) is 12.9. The molecule has 1 heterocycles. The molecule has 0 fully saturated rings. The SMILES string of the molecule is O=C(O)COc1cc(-c2ccc(C(F)(F)F)cc2)n(-c2ccccc2)n1. The molecule has 26 heavy (non-hydrogen) atoms. The molecule has 3 aromatic rings. The lowest BCUT2D eigenvalue weighted by Crippen LogP contribution is -2.09. The molecule has 0 radical (unpaired) electrons. The third-order valence-electron chi connectivity index (χ3n) is 3.54. The average molecular weight is 362 g/mol. The Balaban J connectivity index is 2.02. The molecule has 3 rings (SSSR count). The Morgan fingerprint density at radius 2 is 1.73 bits per heavy atom. The summed E-state index contributed by atoms with van der Waals surface area (Å²) in [5.74, 6) is -1.10. The number of aromatic nitrogens is 2. The lowest BCUT2D eigenvalue weighted by molar-refractivity contribution is -0.139. The van der Waals surface area contributed by atoms with Gasteiger partial charge in [-0.15, -0.1) is 5.10 Å². The number of hydrogen-bond donors (Lipinski definition) is 1. The first kappa shape index (κ1) is 17.5. The summed E-state index contributed by atoms with van der Waals surface area (Å²) in [7, 11) is 0. The van der Waals surface area contributed by atoms with Crippen LogP contribution in [0.5, 0.6) is 5.88 Å². The largest absolute Gasteiger partial charge is 0.479 e. The van der Waals surface area contributed by atoms with Crippen molar-refractivity contribution in [2.24, 2.45) is 0 Å². The molecular weight excluding hydrogens is 349 g/mol. The highest BCUT2D eigenvalue weighted by Crippen LogP contribution is 2.32. The van der Waals surface area contributed by atoms with Gasteiger partial charge in [0, 0.05) is 11.6 Å². The van der Waals surface area contributed by atoms with E-state index in [4.69, 9.17) is 9.84 Å². The highest BCUT2D eigenvalue weighted by molar-refractivity contribution is 5.69. The summed E-state index contributed by atoms with van der Waals surface area (Å²) < 4.78 is 44.8. The first-order valence-electron chi connectivity index (χ1n) is 7.52. The average Bonchev–Trinajstić information content (AvgIpc) is 3.04. The zero-order valence-corrected chi connectivity index (χ0v) is 13.3. The molecule has 0 amide bonds. The fraction of sp³-hybridized carbons (Fsp3) is 0.111. The van der Waals surface area contributed by atoms with E-state index in [2.05, 4.69) is 5.10 Å². The van der Waals surface area contributed by atoms with E-state index < -0.39 is 24.3 Å². The summed E-state index contributed by atoms with van der Waals surface area (Å²) >= 11 is 0. The predicted molar refractivity (Wildman–Crippen MR) is 87.1 cm³/mol. The van der Waals surface area contributed by atoms with E-state index in [1.54, 1.807) is 24.3 Å². The fourth-order valence-electron chi connectivity index (χ4n) is 2.37. The molecule has 0 aliphatic heterocycles. The number of carbonyl (C=O) groups is 1. The van der Waals surface area contributed by atoms with Crippen LogP contribution in [0, 0.1) is 0 Å². The van der Waals surface area contributed by atoms with Crippen molar-refractivity contribution >= 4 is 5.97 Å². The minimum absolute atomic E-state index is 0.0613. The van der Waals surface area contributed by atoms with Gasteiger partial charge in [0.1, 0.15) is 0 Å². The molecule has 1 N–H and O–H groups in total.